The lowest BCUT2D eigenvalue weighted by Crippen LogP contribution is -2.51. The minimum Gasteiger partial charge on any atom is -0.356 e. The third-order valence-corrected chi connectivity index (χ3v) is 3.98. The number of carbonyl (C=O) groups excluding carboxylic acids is 2. The summed E-state index contributed by atoms with van der Waals surface area (Å²) in [4.78, 5) is 26.1. The Morgan fingerprint density at radius 3 is 2.67 bits per heavy atom. The zero-order valence-electron chi connectivity index (χ0n) is 13.1. The number of nitrogens with zero attached hydrogens (tertiary/aromatic N) is 1. The Hall–Kier alpha value is -2.73. The zero-order chi connectivity index (χ0) is 17.1. The molecule has 0 spiro atoms. The monoisotopic (exact) mass is 328 g/mol. The molecular weight excluding hydrogens is 311 g/mol. The van der Waals surface area contributed by atoms with Gasteiger partial charge in [-0.15, -0.1) is 0 Å². The van der Waals surface area contributed by atoms with E-state index in [9.17, 15) is 14.0 Å². The van der Waals surface area contributed by atoms with Gasteiger partial charge in [-0.05, 0) is 23.8 Å². The van der Waals surface area contributed by atoms with Crippen LogP contribution in [0.1, 0.15) is 11.6 Å². The number of halogens is 1. The van der Waals surface area contributed by atoms with Crippen molar-refractivity contribution in [1.82, 2.24) is 4.90 Å². The molecule has 1 saturated heterocycles. The van der Waals surface area contributed by atoms with Crippen LogP contribution in [0.15, 0.2) is 54.6 Å². The van der Waals surface area contributed by atoms with E-state index in [1.807, 2.05) is 30.3 Å². The van der Waals surface area contributed by atoms with Crippen molar-refractivity contribution in [1.29, 1.82) is 0 Å². The van der Waals surface area contributed by atoms with Gasteiger partial charge in [-0.3, -0.25) is 9.59 Å². The van der Waals surface area contributed by atoms with Crippen LogP contribution in [0, 0.1) is 5.82 Å². The molecule has 1 fully saturated rings. The lowest BCUT2D eigenvalue weighted by atomic mass is 9.97. The summed E-state index contributed by atoms with van der Waals surface area (Å²) in [5.41, 5.74) is 1.14. The van der Waals surface area contributed by atoms with E-state index in [0.717, 1.165) is 5.56 Å². The Morgan fingerprint density at radius 2 is 1.96 bits per heavy atom. The number of morpholine rings is 1. The Kier molecular flexibility index (Phi) is 4.57. The number of benzene rings is 2. The molecule has 24 heavy (non-hydrogen) atoms. The quantitative estimate of drug-likeness (QED) is 0.941. The van der Waals surface area contributed by atoms with Gasteiger partial charge in [-0.2, -0.15) is 0 Å². The van der Waals surface area contributed by atoms with Crippen LogP contribution in [0.5, 0.6) is 0 Å². The number of hydrogen-bond acceptors (Lipinski definition) is 3. The maximum absolute atomic E-state index is 13.3. The number of hydrogen-bond donors (Lipinski definition) is 1. The first-order valence-electron chi connectivity index (χ1n) is 7.55. The second kappa shape index (κ2) is 6.80. The number of ether oxygens (including phenoxy) is 1. The van der Waals surface area contributed by atoms with Gasteiger partial charge < -0.3 is 15.0 Å². The van der Waals surface area contributed by atoms with Crippen molar-refractivity contribution in [2.24, 2.45) is 0 Å². The molecule has 0 saturated carbocycles. The van der Waals surface area contributed by atoms with Gasteiger partial charge in [0.2, 0.25) is 5.91 Å². The molecule has 0 bridgehead atoms. The van der Waals surface area contributed by atoms with Gasteiger partial charge in [-0.1, -0.05) is 36.4 Å². The van der Waals surface area contributed by atoms with Gasteiger partial charge in [0.1, 0.15) is 12.4 Å². The van der Waals surface area contributed by atoms with E-state index in [1.165, 1.54) is 23.1 Å². The standard InChI is InChI=1S/C18H17FN2O3/c1-21-15(22)11-24-17(16(21)12-6-3-2-4-7-12)18(23)20-14-9-5-8-13(19)10-14/h2-10,16-17H,11H2,1H3,(H,20,23)/t16-,17+/m0/s1. The highest BCUT2D eigenvalue weighted by molar-refractivity contribution is 5.96. The minimum absolute atomic E-state index is 0.166. The summed E-state index contributed by atoms with van der Waals surface area (Å²) >= 11 is 0. The minimum atomic E-state index is -0.877. The molecule has 2 aromatic rings. The Balaban J connectivity index is 1.86. The highest BCUT2D eigenvalue weighted by Gasteiger charge is 2.39. The van der Waals surface area contributed by atoms with Crippen LogP contribution in [-0.4, -0.2) is 36.5 Å². The third-order valence-electron chi connectivity index (χ3n) is 3.98. The number of nitrogens with one attached hydrogen (secondary N) is 1. The fraction of sp³-hybridized carbons (Fsp3) is 0.222. The predicted molar refractivity (Wildman–Crippen MR) is 86.7 cm³/mol. The summed E-state index contributed by atoms with van der Waals surface area (Å²) in [6.45, 7) is -0.166. The maximum atomic E-state index is 13.3. The number of carbonyl (C=O) groups is 2. The number of anilines is 1. The summed E-state index contributed by atoms with van der Waals surface area (Å²) in [5, 5.41) is 2.65. The van der Waals surface area contributed by atoms with Crippen LogP contribution in [0.3, 0.4) is 0 Å². The Labute approximate surface area is 139 Å². The molecule has 2 atom stereocenters. The molecule has 124 valence electrons. The fourth-order valence-corrected chi connectivity index (χ4v) is 2.76. The molecule has 1 heterocycles. The van der Waals surface area contributed by atoms with E-state index in [0.29, 0.717) is 5.69 Å². The predicted octanol–water partition coefficient (Wildman–Crippen LogP) is 2.36. The van der Waals surface area contributed by atoms with E-state index in [1.54, 1.807) is 13.1 Å². The molecule has 0 aromatic heterocycles. The average molecular weight is 328 g/mol. The normalized spacial score (nSPS) is 20.8. The van der Waals surface area contributed by atoms with Crippen LogP contribution in [-0.2, 0) is 14.3 Å². The highest BCUT2D eigenvalue weighted by atomic mass is 19.1. The van der Waals surface area contributed by atoms with E-state index < -0.39 is 23.9 Å². The van der Waals surface area contributed by atoms with Crippen molar-refractivity contribution in [2.45, 2.75) is 12.1 Å². The highest BCUT2D eigenvalue weighted by Crippen LogP contribution is 2.29. The van der Waals surface area contributed by atoms with Crippen LogP contribution < -0.4 is 5.32 Å². The van der Waals surface area contributed by atoms with Gasteiger partial charge in [0, 0.05) is 12.7 Å². The first-order valence-corrected chi connectivity index (χ1v) is 7.55. The lowest BCUT2D eigenvalue weighted by Gasteiger charge is -2.38. The van der Waals surface area contributed by atoms with Gasteiger partial charge in [-0.25, -0.2) is 4.39 Å². The molecule has 1 N–H and O–H groups in total. The van der Waals surface area contributed by atoms with Gasteiger partial charge in [0.25, 0.3) is 5.91 Å². The first-order chi connectivity index (χ1) is 11.6. The molecular formula is C18H17FN2O3. The van der Waals surface area contributed by atoms with Crippen LogP contribution in [0.25, 0.3) is 0 Å². The third kappa shape index (κ3) is 3.28. The van der Waals surface area contributed by atoms with E-state index in [2.05, 4.69) is 5.32 Å². The SMILES string of the molecule is CN1C(=O)CO[C@@H](C(=O)Nc2cccc(F)c2)[C@@H]1c1ccccc1. The van der Waals surface area contributed by atoms with E-state index in [-0.39, 0.29) is 12.5 Å². The van der Waals surface area contributed by atoms with Gasteiger partial charge in [0.15, 0.2) is 6.10 Å². The topological polar surface area (TPSA) is 58.6 Å². The van der Waals surface area contributed by atoms with Crippen molar-refractivity contribution in [3.63, 3.8) is 0 Å². The second-order valence-corrected chi connectivity index (χ2v) is 5.59. The Bertz CT molecular complexity index is 751. The summed E-state index contributed by atoms with van der Waals surface area (Å²) in [6.07, 6.45) is -0.877. The Morgan fingerprint density at radius 1 is 1.21 bits per heavy atom. The molecule has 5 nitrogen and oxygen atoms in total. The van der Waals surface area contributed by atoms with Crippen LogP contribution >= 0.6 is 0 Å². The van der Waals surface area contributed by atoms with Gasteiger partial charge in [0.05, 0.1) is 6.04 Å². The second-order valence-electron chi connectivity index (χ2n) is 5.59. The van der Waals surface area contributed by atoms with Crippen LogP contribution in [0.2, 0.25) is 0 Å². The van der Waals surface area contributed by atoms with Crippen LogP contribution in [0.4, 0.5) is 10.1 Å². The molecule has 1 aliphatic rings. The maximum Gasteiger partial charge on any atom is 0.256 e. The molecule has 2 amide bonds. The van der Waals surface area contributed by atoms with E-state index >= 15 is 0 Å². The zero-order valence-corrected chi connectivity index (χ0v) is 13.1. The van der Waals surface area contributed by atoms with Crippen molar-refractivity contribution in [3.8, 4) is 0 Å². The summed E-state index contributed by atoms with van der Waals surface area (Å²) in [7, 11) is 1.64. The summed E-state index contributed by atoms with van der Waals surface area (Å²) in [6, 6.07) is 14.3. The lowest BCUT2D eigenvalue weighted by molar-refractivity contribution is -0.160. The number of likely N-dealkylation sites (N-methyl/N-ethyl adjacent to an activating group) is 1. The van der Waals surface area contributed by atoms with E-state index in [4.69, 9.17) is 4.74 Å². The summed E-state index contributed by atoms with van der Waals surface area (Å²) < 4.78 is 18.8. The van der Waals surface area contributed by atoms with Crippen molar-refractivity contribution >= 4 is 17.5 Å². The molecule has 3 rings (SSSR count). The van der Waals surface area contributed by atoms with Gasteiger partial charge >= 0.3 is 0 Å². The molecule has 0 aliphatic carbocycles. The van der Waals surface area contributed by atoms with Crippen molar-refractivity contribution in [2.75, 3.05) is 19.0 Å². The van der Waals surface area contributed by atoms with Crippen molar-refractivity contribution in [3.05, 3.63) is 66.0 Å². The molecule has 6 heteroatoms. The fourth-order valence-electron chi connectivity index (χ4n) is 2.76. The number of rotatable bonds is 3. The first kappa shape index (κ1) is 16.1. The smallest absolute Gasteiger partial charge is 0.256 e. The number of amides is 2. The molecule has 2 aromatic carbocycles. The largest absolute Gasteiger partial charge is 0.356 e. The van der Waals surface area contributed by atoms with Crippen molar-refractivity contribution < 1.29 is 18.7 Å². The average Bonchev–Trinajstić information content (AvgIpc) is 2.58. The molecule has 0 radical (unpaired) electrons. The summed E-state index contributed by atoms with van der Waals surface area (Å²) in [5.74, 6) is -1.06. The molecule has 1 aliphatic heterocycles. The molecule has 0 unspecified atom stereocenters.